The van der Waals surface area contributed by atoms with Gasteiger partial charge in [-0.3, -0.25) is 0 Å². The zero-order chi connectivity index (χ0) is 15.1. The number of nitrogens with one attached hydrogen (secondary N) is 1. The minimum absolute atomic E-state index is 0.347. The fraction of sp³-hybridized carbons (Fsp3) is 0.278. The molecule has 21 heavy (non-hydrogen) atoms. The van der Waals surface area contributed by atoms with Gasteiger partial charge in [0.25, 0.3) is 0 Å². The largest absolute Gasteiger partial charge is 0.457 e. The van der Waals surface area contributed by atoms with Crippen molar-refractivity contribution in [3.05, 3.63) is 59.7 Å². The van der Waals surface area contributed by atoms with Gasteiger partial charge in [0.05, 0.1) is 11.6 Å². The van der Waals surface area contributed by atoms with Gasteiger partial charge in [0, 0.05) is 6.04 Å². The average molecular weight is 280 g/mol. The Labute approximate surface area is 126 Å². The number of benzene rings is 2. The lowest BCUT2D eigenvalue weighted by Gasteiger charge is -2.17. The zero-order valence-corrected chi connectivity index (χ0v) is 12.5. The van der Waals surface area contributed by atoms with Gasteiger partial charge in [0.2, 0.25) is 0 Å². The lowest BCUT2D eigenvalue weighted by atomic mass is 10.0. The first-order chi connectivity index (χ1) is 10.3. The van der Waals surface area contributed by atoms with Gasteiger partial charge in [0.1, 0.15) is 11.5 Å². The Kier molecular flexibility index (Phi) is 5.36. The Morgan fingerprint density at radius 2 is 1.86 bits per heavy atom. The molecule has 0 amide bonds. The number of nitriles is 1. The van der Waals surface area contributed by atoms with E-state index in [1.165, 1.54) is 5.56 Å². The van der Waals surface area contributed by atoms with E-state index in [2.05, 4.69) is 37.4 Å². The lowest BCUT2D eigenvalue weighted by molar-refractivity contribution is 0.477. The van der Waals surface area contributed by atoms with Crippen LogP contribution in [0.5, 0.6) is 11.5 Å². The van der Waals surface area contributed by atoms with Gasteiger partial charge in [-0.25, -0.2) is 0 Å². The van der Waals surface area contributed by atoms with Crippen LogP contribution in [0.15, 0.2) is 48.5 Å². The second-order valence-electron chi connectivity index (χ2n) is 4.83. The van der Waals surface area contributed by atoms with E-state index in [4.69, 9.17) is 10.00 Å². The molecule has 0 spiro atoms. The SMILES string of the molecule is CCNC(CC)c1cccc(Oc2ccc(C#N)cc2)c1. The quantitative estimate of drug-likeness (QED) is 0.852. The number of hydrogen-bond donors (Lipinski definition) is 1. The van der Waals surface area contributed by atoms with Gasteiger partial charge >= 0.3 is 0 Å². The van der Waals surface area contributed by atoms with E-state index in [0.717, 1.165) is 24.5 Å². The summed E-state index contributed by atoms with van der Waals surface area (Å²) in [5, 5.41) is 12.3. The van der Waals surface area contributed by atoms with Crippen molar-refractivity contribution in [1.82, 2.24) is 5.32 Å². The monoisotopic (exact) mass is 280 g/mol. The maximum atomic E-state index is 8.80. The first-order valence-corrected chi connectivity index (χ1v) is 7.28. The van der Waals surface area contributed by atoms with E-state index in [9.17, 15) is 0 Å². The molecule has 0 aromatic heterocycles. The minimum Gasteiger partial charge on any atom is -0.457 e. The van der Waals surface area contributed by atoms with Gasteiger partial charge in [-0.1, -0.05) is 26.0 Å². The molecule has 0 radical (unpaired) electrons. The summed E-state index contributed by atoms with van der Waals surface area (Å²) in [5.41, 5.74) is 1.86. The lowest BCUT2D eigenvalue weighted by Crippen LogP contribution is -2.19. The van der Waals surface area contributed by atoms with Crippen LogP contribution < -0.4 is 10.1 Å². The van der Waals surface area contributed by atoms with Crippen molar-refractivity contribution in [3.8, 4) is 17.6 Å². The predicted octanol–water partition coefficient (Wildman–Crippen LogP) is 4.41. The highest BCUT2D eigenvalue weighted by molar-refractivity contribution is 5.38. The van der Waals surface area contributed by atoms with Crippen molar-refractivity contribution < 1.29 is 4.74 Å². The molecule has 3 nitrogen and oxygen atoms in total. The molecule has 3 heteroatoms. The van der Waals surface area contributed by atoms with Crippen LogP contribution in [-0.2, 0) is 0 Å². The van der Waals surface area contributed by atoms with E-state index in [-0.39, 0.29) is 0 Å². The van der Waals surface area contributed by atoms with Gasteiger partial charge in [-0.15, -0.1) is 0 Å². The third-order valence-corrected chi connectivity index (χ3v) is 3.34. The number of nitrogens with zero attached hydrogens (tertiary/aromatic N) is 1. The molecule has 2 rings (SSSR count). The Bertz CT molecular complexity index is 614. The normalized spacial score (nSPS) is 11.7. The van der Waals surface area contributed by atoms with Crippen LogP contribution in [0.4, 0.5) is 0 Å². The molecule has 0 saturated carbocycles. The molecular formula is C18H20N2O. The molecule has 2 aromatic carbocycles. The molecule has 2 aromatic rings. The van der Waals surface area contributed by atoms with Crippen LogP contribution in [0.2, 0.25) is 0 Å². The topological polar surface area (TPSA) is 45.0 Å². The fourth-order valence-corrected chi connectivity index (χ4v) is 2.27. The summed E-state index contributed by atoms with van der Waals surface area (Å²) >= 11 is 0. The summed E-state index contributed by atoms with van der Waals surface area (Å²) in [7, 11) is 0. The van der Waals surface area contributed by atoms with E-state index < -0.39 is 0 Å². The maximum Gasteiger partial charge on any atom is 0.127 e. The smallest absolute Gasteiger partial charge is 0.127 e. The molecule has 0 bridgehead atoms. The van der Waals surface area contributed by atoms with E-state index in [1.54, 1.807) is 12.1 Å². The van der Waals surface area contributed by atoms with E-state index in [1.807, 2.05) is 24.3 Å². The third-order valence-electron chi connectivity index (χ3n) is 3.34. The summed E-state index contributed by atoms with van der Waals surface area (Å²) in [6.45, 7) is 5.22. The first-order valence-electron chi connectivity index (χ1n) is 7.28. The van der Waals surface area contributed by atoms with Crippen molar-refractivity contribution in [1.29, 1.82) is 5.26 Å². The summed E-state index contributed by atoms with van der Waals surface area (Å²) < 4.78 is 5.85. The molecular weight excluding hydrogens is 260 g/mol. The van der Waals surface area contributed by atoms with Crippen LogP contribution in [0.1, 0.15) is 37.4 Å². The molecule has 108 valence electrons. The second-order valence-corrected chi connectivity index (χ2v) is 4.83. The highest BCUT2D eigenvalue weighted by atomic mass is 16.5. The minimum atomic E-state index is 0.347. The van der Waals surface area contributed by atoms with Crippen molar-refractivity contribution in [2.24, 2.45) is 0 Å². The fourth-order valence-electron chi connectivity index (χ4n) is 2.27. The first kappa shape index (κ1) is 15.1. The summed E-state index contributed by atoms with van der Waals surface area (Å²) in [5.74, 6) is 1.55. The number of rotatable bonds is 6. The van der Waals surface area contributed by atoms with E-state index >= 15 is 0 Å². The van der Waals surface area contributed by atoms with Crippen molar-refractivity contribution in [2.75, 3.05) is 6.54 Å². The van der Waals surface area contributed by atoms with Crippen LogP contribution in [0.3, 0.4) is 0 Å². The van der Waals surface area contributed by atoms with Gasteiger partial charge in [0.15, 0.2) is 0 Å². The average Bonchev–Trinajstić information content (AvgIpc) is 2.53. The molecule has 0 fully saturated rings. The Balaban J connectivity index is 2.15. The Hall–Kier alpha value is -2.31. The van der Waals surface area contributed by atoms with Crippen LogP contribution in [0, 0.1) is 11.3 Å². The van der Waals surface area contributed by atoms with Crippen LogP contribution >= 0.6 is 0 Å². The van der Waals surface area contributed by atoms with Gasteiger partial charge in [-0.05, 0) is 54.9 Å². The molecule has 0 aliphatic rings. The van der Waals surface area contributed by atoms with E-state index in [0.29, 0.717) is 11.6 Å². The van der Waals surface area contributed by atoms with Crippen molar-refractivity contribution >= 4 is 0 Å². The van der Waals surface area contributed by atoms with Crippen LogP contribution in [0.25, 0.3) is 0 Å². The summed E-state index contributed by atoms with van der Waals surface area (Å²) in [6, 6.07) is 17.7. The highest BCUT2D eigenvalue weighted by Crippen LogP contribution is 2.26. The maximum absolute atomic E-state index is 8.80. The molecule has 0 saturated heterocycles. The zero-order valence-electron chi connectivity index (χ0n) is 12.5. The molecule has 0 aliphatic carbocycles. The molecule has 1 unspecified atom stereocenters. The van der Waals surface area contributed by atoms with Crippen LogP contribution in [-0.4, -0.2) is 6.54 Å². The number of ether oxygens (including phenoxy) is 1. The van der Waals surface area contributed by atoms with Gasteiger partial charge < -0.3 is 10.1 Å². The highest BCUT2D eigenvalue weighted by Gasteiger charge is 2.08. The van der Waals surface area contributed by atoms with Crippen molar-refractivity contribution in [2.45, 2.75) is 26.3 Å². The third kappa shape index (κ3) is 4.08. The standard InChI is InChI=1S/C18H20N2O/c1-3-18(20-4-2)15-6-5-7-17(12-15)21-16-10-8-14(13-19)9-11-16/h5-12,18,20H,3-4H2,1-2H3. The Morgan fingerprint density at radius 1 is 1.10 bits per heavy atom. The summed E-state index contributed by atoms with van der Waals surface area (Å²) in [6.07, 6.45) is 1.04. The molecule has 1 atom stereocenters. The molecule has 0 aliphatic heterocycles. The summed E-state index contributed by atoms with van der Waals surface area (Å²) in [4.78, 5) is 0. The molecule has 0 heterocycles. The van der Waals surface area contributed by atoms with Crippen molar-refractivity contribution in [3.63, 3.8) is 0 Å². The predicted molar refractivity (Wildman–Crippen MR) is 84.4 cm³/mol. The van der Waals surface area contributed by atoms with Gasteiger partial charge in [-0.2, -0.15) is 5.26 Å². The second kappa shape index (κ2) is 7.47. The molecule has 1 N–H and O–H groups in total. The Morgan fingerprint density at radius 3 is 2.48 bits per heavy atom. The number of hydrogen-bond acceptors (Lipinski definition) is 3.